The molecular formula is C25H57BrN2. The zero-order chi connectivity index (χ0) is 20.8. The predicted molar refractivity (Wildman–Crippen MR) is 127 cm³/mol. The zero-order valence-corrected chi connectivity index (χ0v) is 22.6. The van der Waals surface area contributed by atoms with Crippen LogP contribution in [0.4, 0.5) is 0 Å². The first-order chi connectivity index (χ1) is 12.9. The molecule has 0 saturated heterocycles. The van der Waals surface area contributed by atoms with E-state index in [9.17, 15) is 0 Å². The Balaban J connectivity index is -0.000000665. The van der Waals surface area contributed by atoms with E-state index in [1.165, 1.54) is 116 Å². The summed E-state index contributed by atoms with van der Waals surface area (Å²) in [6.45, 7) is 13.8. The van der Waals surface area contributed by atoms with E-state index < -0.39 is 0 Å². The van der Waals surface area contributed by atoms with Crippen molar-refractivity contribution in [3.8, 4) is 0 Å². The largest absolute Gasteiger partial charge is 1.00 e. The lowest BCUT2D eigenvalue weighted by molar-refractivity contribution is -0.870. The highest BCUT2D eigenvalue weighted by Crippen LogP contribution is 2.13. The van der Waals surface area contributed by atoms with Gasteiger partial charge in [0.1, 0.15) is 0 Å². The van der Waals surface area contributed by atoms with Gasteiger partial charge in [0.2, 0.25) is 0 Å². The minimum atomic E-state index is 0. The Morgan fingerprint density at radius 3 is 0.964 bits per heavy atom. The van der Waals surface area contributed by atoms with Crippen molar-refractivity contribution < 1.29 is 21.5 Å². The van der Waals surface area contributed by atoms with Crippen LogP contribution >= 0.6 is 0 Å². The first-order valence-corrected chi connectivity index (χ1v) is 12.4. The molecule has 0 aromatic carbocycles. The van der Waals surface area contributed by atoms with Gasteiger partial charge in [-0.1, -0.05) is 105 Å². The number of rotatable bonds is 18. The van der Waals surface area contributed by atoms with Crippen molar-refractivity contribution in [1.82, 2.24) is 4.90 Å². The van der Waals surface area contributed by atoms with Gasteiger partial charge in [0.25, 0.3) is 0 Å². The fourth-order valence-electron chi connectivity index (χ4n) is 3.45. The third kappa shape index (κ3) is 31.1. The summed E-state index contributed by atoms with van der Waals surface area (Å²) in [6.07, 6.45) is 20.4. The molecule has 174 valence electrons. The summed E-state index contributed by atoms with van der Waals surface area (Å²) >= 11 is 0. The van der Waals surface area contributed by atoms with E-state index in [0.717, 1.165) is 4.48 Å². The molecule has 0 heterocycles. The Kier molecular flexibility index (Phi) is 30.0. The Hall–Kier alpha value is 0.400. The highest BCUT2D eigenvalue weighted by atomic mass is 79.9. The predicted octanol–water partition coefficient (Wildman–Crippen LogP) is 4.53. The van der Waals surface area contributed by atoms with E-state index in [0.29, 0.717) is 0 Å². The SMILES string of the molecule is CCCCCCCCCCCCCCCC[N+](C)(C)C.CCN(CC)CC.[Br-]. The van der Waals surface area contributed by atoms with Crippen molar-refractivity contribution in [3.63, 3.8) is 0 Å². The molecule has 2 nitrogen and oxygen atoms in total. The van der Waals surface area contributed by atoms with Crippen molar-refractivity contribution in [1.29, 1.82) is 0 Å². The van der Waals surface area contributed by atoms with Gasteiger partial charge in [-0.05, 0) is 32.5 Å². The highest BCUT2D eigenvalue weighted by Gasteiger charge is 2.04. The van der Waals surface area contributed by atoms with Gasteiger partial charge in [-0.25, -0.2) is 0 Å². The Bertz CT molecular complexity index is 254. The van der Waals surface area contributed by atoms with Crippen LogP contribution in [-0.2, 0) is 0 Å². The summed E-state index contributed by atoms with van der Waals surface area (Å²) < 4.78 is 1.12. The third-order valence-electron chi connectivity index (χ3n) is 5.52. The molecule has 0 amide bonds. The number of hydrogen-bond acceptors (Lipinski definition) is 1. The van der Waals surface area contributed by atoms with Crippen LogP contribution in [0.3, 0.4) is 0 Å². The monoisotopic (exact) mass is 464 g/mol. The van der Waals surface area contributed by atoms with Crippen molar-refractivity contribution in [2.75, 3.05) is 47.3 Å². The molecule has 0 bridgehead atoms. The second kappa shape index (κ2) is 25.4. The van der Waals surface area contributed by atoms with E-state index in [1.807, 2.05) is 0 Å². The molecule has 0 fully saturated rings. The van der Waals surface area contributed by atoms with Crippen molar-refractivity contribution >= 4 is 0 Å². The number of halogens is 1. The minimum absolute atomic E-state index is 0. The molecule has 0 N–H and O–H groups in total. The van der Waals surface area contributed by atoms with Crippen LogP contribution in [0.15, 0.2) is 0 Å². The van der Waals surface area contributed by atoms with Crippen LogP contribution in [-0.4, -0.2) is 56.7 Å². The molecule has 0 aliphatic heterocycles. The molecule has 3 heteroatoms. The highest BCUT2D eigenvalue weighted by molar-refractivity contribution is 4.49. The maximum Gasteiger partial charge on any atom is 0.0780 e. The molecule has 0 unspecified atom stereocenters. The van der Waals surface area contributed by atoms with Crippen molar-refractivity contribution in [3.05, 3.63) is 0 Å². The van der Waals surface area contributed by atoms with E-state index in [4.69, 9.17) is 0 Å². The topological polar surface area (TPSA) is 3.24 Å². The lowest BCUT2D eigenvalue weighted by Gasteiger charge is -2.23. The van der Waals surface area contributed by atoms with Crippen LogP contribution in [0.1, 0.15) is 118 Å². The molecule has 0 aromatic rings. The average Bonchev–Trinajstić information content (AvgIpc) is 2.63. The summed E-state index contributed by atoms with van der Waals surface area (Å²) in [4.78, 5) is 2.38. The molecule has 0 saturated carbocycles. The lowest BCUT2D eigenvalue weighted by atomic mass is 10.0. The maximum absolute atomic E-state index is 2.38. The van der Waals surface area contributed by atoms with Crippen molar-refractivity contribution in [2.24, 2.45) is 0 Å². The van der Waals surface area contributed by atoms with Gasteiger partial charge in [0.05, 0.1) is 27.7 Å². The van der Waals surface area contributed by atoms with Gasteiger partial charge in [-0.3, -0.25) is 0 Å². The summed E-state index contributed by atoms with van der Waals surface area (Å²) in [5.74, 6) is 0. The van der Waals surface area contributed by atoms with E-state index >= 15 is 0 Å². The van der Waals surface area contributed by atoms with Gasteiger partial charge in [0.15, 0.2) is 0 Å². The lowest BCUT2D eigenvalue weighted by Crippen LogP contribution is -3.00. The van der Waals surface area contributed by atoms with Gasteiger partial charge >= 0.3 is 0 Å². The van der Waals surface area contributed by atoms with Gasteiger partial charge in [-0.15, -0.1) is 0 Å². The zero-order valence-electron chi connectivity index (χ0n) is 21.0. The molecule has 0 atom stereocenters. The molecule has 0 aliphatic rings. The molecule has 0 aliphatic carbocycles. The van der Waals surface area contributed by atoms with Crippen LogP contribution in [0.25, 0.3) is 0 Å². The smallest absolute Gasteiger partial charge is 0.0780 e. The van der Waals surface area contributed by atoms with Crippen LogP contribution in [0, 0.1) is 0 Å². The third-order valence-corrected chi connectivity index (χ3v) is 5.52. The molecule has 0 aromatic heterocycles. The second-order valence-electron chi connectivity index (χ2n) is 9.23. The van der Waals surface area contributed by atoms with E-state index in [1.54, 1.807) is 0 Å². The van der Waals surface area contributed by atoms with E-state index in [-0.39, 0.29) is 17.0 Å². The van der Waals surface area contributed by atoms with Crippen LogP contribution in [0.5, 0.6) is 0 Å². The minimum Gasteiger partial charge on any atom is -1.00 e. The molecular weight excluding hydrogens is 408 g/mol. The molecule has 0 rings (SSSR count). The molecule has 0 spiro atoms. The number of hydrogen-bond donors (Lipinski definition) is 0. The van der Waals surface area contributed by atoms with E-state index in [2.05, 4.69) is 53.7 Å². The Morgan fingerprint density at radius 1 is 0.464 bits per heavy atom. The first-order valence-electron chi connectivity index (χ1n) is 12.4. The second-order valence-corrected chi connectivity index (χ2v) is 9.23. The fraction of sp³-hybridized carbons (Fsp3) is 1.00. The average molecular weight is 466 g/mol. The Morgan fingerprint density at radius 2 is 0.750 bits per heavy atom. The van der Waals surface area contributed by atoms with Crippen LogP contribution < -0.4 is 17.0 Å². The quantitative estimate of drug-likeness (QED) is 0.212. The Labute approximate surface area is 191 Å². The number of unbranched alkanes of at least 4 members (excludes halogenated alkanes) is 13. The standard InChI is InChI=1S/C19H42N.C6H15N.BrH/c1-5-6-7-8-9-10-11-12-13-14-15-16-17-18-19-20(2,3)4;1-4-7(5-2)6-3;/h5-19H2,1-4H3;4-6H2,1-3H3;1H/q+1;;/p-1. The summed E-state index contributed by atoms with van der Waals surface area (Å²) in [5, 5.41) is 0. The fourth-order valence-corrected chi connectivity index (χ4v) is 3.45. The van der Waals surface area contributed by atoms with Gasteiger partial charge in [0, 0.05) is 0 Å². The summed E-state index contributed by atoms with van der Waals surface area (Å²) in [6, 6.07) is 0. The summed E-state index contributed by atoms with van der Waals surface area (Å²) in [7, 11) is 6.88. The number of quaternary nitrogens is 1. The number of nitrogens with zero attached hydrogens (tertiary/aromatic N) is 2. The molecule has 0 radical (unpaired) electrons. The van der Waals surface area contributed by atoms with Crippen molar-refractivity contribution in [2.45, 2.75) is 118 Å². The first kappa shape index (κ1) is 33.0. The van der Waals surface area contributed by atoms with Gasteiger partial charge < -0.3 is 26.4 Å². The van der Waals surface area contributed by atoms with Gasteiger partial charge in [-0.2, -0.15) is 0 Å². The normalized spacial score (nSPS) is 11.1. The maximum atomic E-state index is 2.38. The van der Waals surface area contributed by atoms with Crippen LogP contribution in [0.2, 0.25) is 0 Å². The summed E-state index contributed by atoms with van der Waals surface area (Å²) in [5.41, 5.74) is 0. The molecule has 28 heavy (non-hydrogen) atoms.